The molecule has 7 heteroatoms. The highest BCUT2D eigenvalue weighted by atomic mass is 32.2. The molecule has 0 radical (unpaired) electrons. The zero-order valence-corrected chi connectivity index (χ0v) is 23.3. The lowest BCUT2D eigenvalue weighted by Crippen LogP contribution is -2.63. The van der Waals surface area contributed by atoms with E-state index in [9.17, 15) is 0 Å². The summed E-state index contributed by atoms with van der Waals surface area (Å²) >= 11 is 2.13. The molecular weight excluding hydrogens is 518 g/mol. The zero-order valence-electron chi connectivity index (χ0n) is 22.5. The third kappa shape index (κ3) is 3.74. The van der Waals surface area contributed by atoms with E-state index in [1.54, 1.807) is 0 Å². The van der Waals surface area contributed by atoms with Crippen molar-refractivity contribution >= 4 is 44.7 Å². The molecule has 3 aromatic carbocycles. The molecule has 4 unspecified atom stereocenters. The van der Waals surface area contributed by atoms with Crippen LogP contribution in [0.3, 0.4) is 0 Å². The Labute approximate surface area is 237 Å². The molecule has 0 aliphatic carbocycles. The number of thioether (sulfide) groups is 1. The van der Waals surface area contributed by atoms with Crippen molar-refractivity contribution in [3.05, 3.63) is 84.1 Å². The number of aromatic nitrogens is 2. The summed E-state index contributed by atoms with van der Waals surface area (Å²) in [6.07, 6.45) is 12.1. The van der Waals surface area contributed by atoms with E-state index in [-0.39, 0.29) is 12.0 Å². The Morgan fingerprint density at radius 1 is 0.875 bits per heavy atom. The molecular formula is C33H33N3O3S. The van der Waals surface area contributed by atoms with Gasteiger partial charge in [-0.15, -0.1) is 11.8 Å². The van der Waals surface area contributed by atoms with Gasteiger partial charge in [0.2, 0.25) is 0 Å². The molecule has 204 valence electrons. The number of rotatable bonds is 4. The molecule has 5 heterocycles. The molecule has 2 saturated heterocycles. The van der Waals surface area contributed by atoms with Gasteiger partial charge < -0.3 is 9.15 Å². The van der Waals surface area contributed by atoms with Gasteiger partial charge in [0.15, 0.2) is 0 Å². The Bertz CT molecular complexity index is 1700. The van der Waals surface area contributed by atoms with Gasteiger partial charge in [0.1, 0.15) is 28.3 Å². The number of likely N-dealkylation sites (tertiary alicyclic amines) is 1. The smallest absolute Gasteiger partial charge is 0.135 e. The van der Waals surface area contributed by atoms with Crippen LogP contribution in [0.15, 0.2) is 82.0 Å². The fourth-order valence-corrected chi connectivity index (χ4v) is 9.19. The van der Waals surface area contributed by atoms with E-state index in [0.29, 0.717) is 5.37 Å². The number of fused-ring (bicyclic) bond motifs is 4. The van der Waals surface area contributed by atoms with Crippen LogP contribution in [0.25, 0.3) is 33.0 Å². The quantitative estimate of drug-likeness (QED) is 0.223. The van der Waals surface area contributed by atoms with Gasteiger partial charge in [0.05, 0.1) is 17.2 Å². The second-order valence-electron chi connectivity index (χ2n) is 11.4. The molecule has 2 fully saturated rings. The van der Waals surface area contributed by atoms with Gasteiger partial charge in [-0.1, -0.05) is 42.8 Å². The molecule has 5 aromatic rings. The van der Waals surface area contributed by atoms with Gasteiger partial charge >= 0.3 is 0 Å². The maximum atomic E-state index is 6.75. The first kappa shape index (κ1) is 24.5. The zero-order chi connectivity index (χ0) is 26.5. The van der Waals surface area contributed by atoms with Crippen LogP contribution >= 0.6 is 11.8 Å². The van der Waals surface area contributed by atoms with Crippen molar-refractivity contribution in [3.8, 4) is 0 Å². The van der Waals surface area contributed by atoms with Gasteiger partial charge in [0, 0.05) is 23.2 Å². The summed E-state index contributed by atoms with van der Waals surface area (Å²) in [6.45, 7) is 1.05. The normalized spacial score (nSPS) is 27.9. The van der Waals surface area contributed by atoms with E-state index in [2.05, 4.69) is 93.7 Å². The molecule has 8 rings (SSSR count). The van der Waals surface area contributed by atoms with E-state index in [0.717, 1.165) is 54.4 Å². The largest absolute Gasteiger partial charge is 0.496 e. The van der Waals surface area contributed by atoms with Gasteiger partial charge in [-0.25, -0.2) is 4.63 Å². The number of hydrogen-bond donors (Lipinski definition) is 0. The molecule has 0 amide bonds. The highest BCUT2D eigenvalue weighted by Gasteiger charge is 2.57. The maximum Gasteiger partial charge on any atom is 0.135 e. The summed E-state index contributed by atoms with van der Waals surface area (Å²) in [4.78, 5) is 2.86. The second kappa shape index (κ2) is 9.96. The van der Waals surface area contributed by atoms with Crippen LogP contribution in [0.2, 0.25) is 0 Å². The second-order valence-corrected chi connectivity index (χ2v) is 12.7. The van der Waals surface area contributed by atoms with E-state index in [4.69, 9.17) is 13.8 Å². The first-order chi connectivity index (χ1) is 19.8. The predicted octanol–water partition coefficient (Wildman–Crippen LogP) is 8.13. The fraction of sp³-hybridized carbons (Fsp3) is 0.394. The molecule has 0 spiro atoms. The minimum atomic E-state index is -0.394. The van der Waals surface area contributed by atoms with Crippen molar-refractivity contribution in [3.63, 3.8) is 0 Å². The van der Waals surface area contributed by atoms with Crippen molar-refractivity contribution in [2.45, 2.75) is 67.9 Å². The van der Waals surface area contributed by atoms with E-state index >= 15 is 0 Å². The van der Waals surface area contributed by atoms with Gasteiger partial charge in [-0.2, -0.15) is 0 Å². The predicted molar refractivity (Wildman–Crippen MR) is 159 cm³/mol. The summed E-state index contributed by atoms with van der Waals surface area (Å²) in [5.41, 5.74) is 5.69. The summed E-state index contributed by atoms with van der Waals surface area (Å²) < 4.78 is 18.3. The fourth-order valence-electron chi connectivity index (χ4n) is 7.75. The van der Waals surface area contributed by atoms with Crippen LogP contribution in [0.5, 0.6) is 0 Å². The highest BCUT2D eigenvalue weighted by Crippen LogP contribution is 2.57. The van der Waals surface area contributed by atoms with E-state index < -0.39 is 5.54 Å². The van der Waals surface area contributed by atoms with Gasteiger partial charge in [-0.05, 0) is 96.1 Å². The van der Waals surface area contributed by atoms with Crippen molar-refractivity contribution in [2.75, 3.05) is 12.3 Å². The number of furan rings is 1. The Kier molecular flexibility index (Phi) is 6.10. The minimum Gasteiger partial charge on any atom is -0.496 e. The van der Waals surface area contributed by atoms with Crippen LogP contribution in [-0.4, -0.2) is 39.0 Å². The first-order valence-electron chi connectivity index (χ1n) is 14.7. The molecule has 4 atom stereocenters. The van der Waals surface area contributed by atoms with Crippen LogP contribution in [-0.2, 0) is 10.3 Å². The monoisotopic (exact) mass is 551 g/mol. The minimum absolute atomic E-state index is 0.00396. The molecule has 6 nitrogen and oxygen atoms in total. The SMILES string of the molecule is C1=COC(C2(c3cccc4oc5ccccc5c34)C(c3ccc4nonc4c3)CCCN2C2CCCCS2)CC1. The topological polar surface area (TPSA) is 64.5 Å². The average molecular weight is 552 g/mol. The molecule has 2 aromatic heterocycles. The lowest BCUT2D eigenvalue weighted by Gasteiger charge is -2.59. The molecule has 0 N–H and O–H groups in total. The number of allylic oxidation sites excluding steroid dienone is 1. The maximum absolute atomic E-state index is 6.75. The highest BCUT2D eigenvalue weighted by molar-refractivity contribution is 7.99. The summed E-state index contributed by atoms with van der Waals surface area (Å²) in [7, 11) is 0. The summed E-state index contributed by atoms with van der Waals surface area (Å²) in [5, 5.41) is 11.2. The van der Waals surface area contributed by atoms with E-state index in [1.807, 2.05) is 6.26 Å². The molecule has 0 saturated carbocycles. The number of hydrogen-bond acceptors (Lipinski definition) is 7. The Morgan fingerprint density at radius 3 is 2.70 bits per heavy atom. The standard InChI is InChI=1S/C33H33N3O3S/c1-2-12-28-23(9-1)32-25(10-7-13-29(32)38-28)33(30-14-3-5-19-37-30)24(22-16-17-26-27(21-22)35-39-34-26)11-8-18-36(33)31-15-4-6-20-40-31/h1-2,5,7,9-10,12-13,16-17,19,21,24,30-31H,3-4,6,8,11,14-15,18,20H2. The van der Waals surface area contributed by atoms with Crippen molar-refractivity contribution in [1.82, 2.24) is 15.2 Å². The summed E-state index contributed by atoms with van der Waals surface area (Å²) in [5.74, 6) is 1.41. The lowest BCUT2D eigenvalue weighted by atomic mass is 9.63. The molecule has 3 aliphatic heterocycles. The average Bonchev–Trinajstić information content (AvgIpc) is 3.65. The van der Waals surface area contributed by atoms with Crippen molar-refractivity contribution < 1.29 is 13.8 Å². The number of piperidine rings is 1. The third-order valence-corrected chi connectivity index (χ3v) is 10.7. The van der Waals surface area contributed by atoms with Crippen LogP contribution in [0, 0.1) is 0 Å². The van der Waals surface area contributed by atoms with Gasteiger partial charge in [0.25, 0.3) is 0 Å². The van der Waals surface area contributed by atoms with Gasteiger partial charge in [-0.3, -0.25) is 4.90 Å². The molecule has 3 aliphatic rings. The molecule has 0 bridgehead atoms. The number of ether oxygens (including phenoxy) is 1. The van der Waals surface area contributed by atoms with Crippen molar-refractivity contribution in [1.29, 1.82) is 0 Å². The Balaban J connectivity index is 1.45. The van der Waals surface area contributed by atoms with Crippen LogP contribution < -0.4 is 0 Å². The Morgan fingerprint density at radius 2 is 1.80 bits per heavy atom. The third-order valence-electron chi connectivity index (χ3n) is 9.34. The van der Waals surface area contributed by atoms with Crippen LogP contribution in [0.4, 0.5) is 0 Å². The van der Waals surface area contributed by atoms with Crippen LogP contribution in [0.1, 0.15) is 62.0 Å². The summed E-state index contributed by atoms with van der Waals surface area (Å²) in [6, 6.07) is 21.7. The lowest BCUT2D eigenvalue weighted by molar-refractivity contribution is -0.0943. The first-order valence-corrected chi connectivity index (χ1v) is 15.7. The molecule has 40 heavy (non-hydrogen) atoms. The number of para-hydroxylation sites is 1. The van der Waals surface area contributed by atoms with E-state index in [1.165, 1.54) is 46.9 Å². The number of nitrogens with zero attached hydrogens (tertiary/aromatic N) is 3. The Hall–Kier alpha value is -3.29. The number of benzene rings is 3. The van der Waals surface area contributed by atoms with Crippen molar-refractivity contribution in [2.24, 2.45) is 0 Å².